The zero-order valence-corrected chi connectivity index (χ0v) is 18.7. The van der Waals surface area contributed by atoms with Gasteiger partial charge in [0.2, 0.25) is 0 Å². The lowest BCUT2D eigenvalue weighted by atomic mass is 9.68. The maximum atomic E-state index is 14.1. The molecular weight excluding hydrogens is 405 g/mol. The van der Waals surface area contributed by atoms with Crippen LogP contribution in [0.5, 0.6) is 0 Å². The van der Waals surface area contributed by atoms with E-state index < -0.39 is 17.7 Å². The van der Waals surface area contributed by atoms with Crippen molar-refractivity contribution in [2.75, 3.05) is 6.61 Å². The molecule has 0 radical (unpaired) electrons. The van der Waals surface area contributed by atoms with Crippen molar-refractivity contribution >= 4 is 11.8 Å². The van der Waals surface area contributed by atoms with E-state index in [0.717, 1.165) is 11.3 Å². The van der Waals surface area contributed by atoms with Crippen molar-refractivity contribution in [2.24, 2.45) is 5.41 Å². The van der Waals surface area contributed by atoms with E-state index in [9.17, 15) is 14.0 Å². The minimum Gasteiger partial charge on any atom is -0.462 e. The first-order valence-electron chi connectivity index (χ1n) is 11.0. The smallest absolute Gasteiger partial charge is 0.336 e. The highest BCUT2D eigenvalue weighted by molar-refractivity contribution is 6.04. The van der Waals surface area contributed by atoms with Crippen LogP contribution in [0.15, 0.2) is 77.1 Å². The van der Waals surface area contributed by atoms with E-state index in [2.05, 4.69) is 19.2 Å². The largest absolute Gasteiger partial charge is 0.462 e. The molecule has 32 heavy (non-hydrogen) atoms. The number of rotatable bonds is 5. The maximum absolute atomic E-state index is 14.1. The molecule has 4 nitrogen and oxygen atoms in total. The Balaban J connectivity index is 1.67. The van der Waals surface area contributed by atoms with Crippen molar-refractivity contribution in [1.29, 1.82) is 0 Å². The number of hydrogen-bond donors (Lipinski definition) is 1. The molecule has 4 rings (SSSR count). The molecule has 2 aromatic carbocycles. The average Bonchev–Trinajstić information content (AvgIpc) is 2.72. The van der Waals surface area contributed by atoms with Crippen molar-refractivity contribution in [2.45, 2.75) is 46.0 Å². The molecule has 166 valence electrons. The van der Waals surface area contributed by atoms with Crippen molar-refractivity contribution in [3.63, 3.8) is 0 Å². The molecule has 2 aromatic rings. The summed E-state index contributed by atoms with van der Waals surface area (Å²) in [6.45, 7) is 6.15. The van der Waals surface area contributed by atoms with Crippen LogP contribution in [0.2, 0.25) is 0 Å². The summed E-state index contributed by atoms with van der Waals surface area (Å²) in [5, 5.41) is 3.30. The second-order valence-corrected chi connectivity index (χ2v) is 9.36. The Kier molecular flexibility index (Phi) is 6.00. The molecule has 0 unspecified atom stereocenters. The summed E-state index contributed by atoms with van der Waals surface area (Å²) in [6.07, 6.45) is 1.67. The molecule has 1 atom stereocenters. The summed E-state index contributed by atoms with van der Waals surface area (Å²) in [5.41, 5.74) is 3.87. The van der Waals surface area contributed by atoms with Gasteiger partial charge in [-0.1, -0.05) is 56.3 Å². The summed E-state index contributed by atoms with van der Waals surface area (Å²) >= 11 is 0. The number of allylic oxidation sites excluding steroid dienone is 3. The van der Waals surface area contributed by atoms with Gasteiger partial charge in [0.15, 0.2) is 5.78 Å². The monoisotopic (exact) mass is 433 g/mol. The van der Waals surface area contributed by atoms with Crippen LogP contribution >= 0.6 is 0 Å². The van der Waals surface area contributed by atoms with Gasteiger partial charge in [0.05, 0.1) is 12.2 Å². The zero-order chi connectivity index (χ0) is 22.9. The Morgan fingerprint density at radius 3 is 2.59 bits per heavy atom. The first kappa shape index (κ1) is 22.0. The Hall–Kier alpha value is -3.21. The Morgan fingerprint density at radius 1 is 1.12 bits per heavy atom. The summed E-state index contributed by atoms with van der Waals surface area (Å²) < 4.78 is 19.8. The number of esters is 1. The number of ketones is 1. The molecule has 0 spiro atoms. The molecule has 2 aliphatic rings. The molecule has 0 fully saturated rings. The number of benzene rings is 2. The summed E-state index contributed by atoms with van der Waals surface area (Å²) in [6, 6.07) is 15.9. The Labute approximate surface area is 188 Å². The van der Waals surface area contributed by atoms with Crippen LogP contribution in [0.4, 0.5) is 4.39 Å². The second kappa shape index (κ2) is 8.73. The molecule has 1 aliphatic heterocycles. The highest BCUT2D eigenvalue weighted by Gasteiger charge is 2.43. The number of carbonyl (C=O) groups excluding carboxylic acids is 2. The lowest BCUT2D eigenvalue weighted by molar-refractivity contribution is -0.139. The minimum absolute atomic E-state index is 0.0138. The normalized spacial score (nSPS) is 20.0. The molecular formula is C27H28FNO3. The van der Waals surface area contributed by atoms with Gasteiger partial charge in [-0.05, 0) is 42.0 Å². The van der Waals surface area contributed by atoms with Crippen molar-refractivity contribution in [3.8, 4) is 0 Å². The second-order valence-electron chi connectivity index (χ2n) is 9.36. The first-order valence-corrected chi connectivity index (χ1v) is 11.0. The van der Waals surface area contributed by atoms with E-state index in [1.54, 1.807) is 12.1 Å². The van der Waals surface area contributed by atoms with Gasteiger partial charge < -0.3 is 10.1 Å². The molecule has 1 N–H and O–H groups in total. The minimum atomic E-state index is -0.644. The maximum Gasteiger partial charge on any atom is 0.336 e. The molecule has 0 saturated carbocycles. The fourth-order valence-electron chi connectivity index (χ4n) is 4.71. The van der Waals surface area contributed by atoms with Gasteiger partial charge >= 0.3 is 5.97 Å². The van der Waals surface area contributed by atoms with E-state index in [1.807, 2.05) is 37.3 Å². The fourth-order valence-corrected chi connectivity index (χ4v) is 4.71. The highest BCUT2D eigenvalue weighted by atomic mass is 19.1. The van der Waals surface area contributed by atoms with Crippen LogP contribution in [0.1, 0.15) is 50.7 Å². The molecule has 0 aromatic heterocycles. The summed E-state index contributed by atoms with van der Waals surface area (Å²) in [7, 11) is 0. The molecule has 0 saturated heterocycles. The van der Waals surface area contributed by atoms with E-state index >= 15 is 0 Å². The Morgan fingerprint density at radius 2 is 1.88 bits per heavy atom. The van der Waals surface area contributed by atoms with Gasteiger partial charge in [0, 0.05) is 35.7 Å². The van der Waals surface area contributed by atoms with E-state index in [-0.39, 0.29) is 17.8 Å². The van der Waals surface area contributed by atoms with E-state index in [0.29, 0.717) is 41.7 Å². The topological polar surface area (TPSA) is 55.4 Å². The lowest BCUT2D eigenvalue weighted by Crippen LogP contribution is -2.38. The number of Topliss-reactive ketones (excluding diaryl/α,β-unsaturated/α-hetero) is 1. The third kappa shape index (κ3) is 4.52. The SMILES string of the molecule is CC1=C(C(=O)OCCc2ccccc2)[C@H](c2cccc(F)c2)C2=C(CC(C)(C)CC2=O)N1. The molecule has 0 amide bonds. The average molecular weight is 434 g/mol. The number of hydrogen-bond acceptors (Lipinski definition) is 4. The number of halogens is 1. The Bertz CT molecular complexity index is 1110. The fraction of sp³-hybridized carbons (Fsp3) is 0.333. The predicted octanol–water partition coefficient (Wildman–Crippen LogP) is 5.22. The molecule has 0 bridgehead atoms. The van der Waals surface area contributed by atoms with Crippen LogP contribution in [-0.2, 0) is 20.7 Å². The quantitative estimate of drug-likeness (QED) is 0.657. The van der Waals surface area contributed by atoms with Gasteiger partial charge in [-0.2, -0.15) is 0 Å². The third-order valence-corrected chi connectivity index (χ3v) is 6.11. The number of nitrogens with one attached hydrogen (secondary N) is 1. The van der Waals surface area contributed by atoms with Crippen molar-refractivity contribution < 1.29 is 18.7 Å². The van der Waals surface area contributed by atoms with Crippen LogP contribution in [-0.4, -0.2) is 18.4 Å². The highest BCUT2D eigenvalue weighted by Crippen LogP contribution is 2.46. The van der Waals surface area contributed by atoms with Gasteiger partial charge in [0.25, 0.3) is 0 Å². The van der Waals surface area contributed by atoms with Gasteiger partial charge in [-0.3, -0.25) is 4.79 Å². The number of dihydropyridines is 1. The first-order chi connectivity index (χ1) is 15.2. The summed E-state index contributed by atoms with van der Waals surface area (Å²) in [5.74, 6) is -1.54. The van der Waals surface area contributed by atoms with Crippen molar-refractivity contribution in [1.82, 2.24) is 5.32 Å². The number of ether oxygens (including phenoxy) is 1. The molecule has 1 heterocycles. The molecule has 5 heteroatoms. The predicted molar refractivity (Wildman–Crippen MR) is 121 cm³/mol. The van der Waals surface area contributed by atoms with E-state index in [4.69, 9.17) is 4.74 Å². The lowest BCUT2D eigenvalue weighted by Gasteiger charge is -2.39. The van der Waals surface area contributed by atoms with Gasteiger partial charge in [0.1, 0.15) is 5.82 Å². The van der Waals surface area contributed by atoms with E-state index in [1.165, 1.54) is 12.1 Å². The summed E-state index contributed by atoms with van der Waals surface area (Å²) in [4.78, 5) is 26.4. The van der Waals surface area contributed by atoms with Gasteiger partial charge in [-0.25, -0.2) is 9.18 Å². The number of carbonyl (C=O) groups is 2. The van der Waals surface area contributed by atoms with Crippen LogP contribution < -0.4 is 5.32 Å². The zero-order valence-electron chi connectivity index (χ0n) is 18.7. The third-order valence-electron chi connectivity index (χ3n) is 6.11. The molecule has 1 aliphatic carbocycles. The van der Waals surface area contributed by atoms with Crippen molar-refractivity contribution in [3.05, 3.63) is 94.1 Å². The van der Waals surface area contributed by atoms with Gasteiger partial charge in [-0.15, -0.1) is 0 Å². The standard InChI is InChI=1S/C27H28FNO3/c1-17-23(26(31)32-13-12-18-8-5-4-6-9-18)24(19-10-7-11-20(28)14-19)25-21(29-17)15-27(2,3)16-22(25)30/h4-11,14,24,29H,12-13,15-16H2,1-3H3/t24-/m0/s1. The van der Waals surface area contributed by atoms with Crippen LogP contribution in [0.25, 0.3) is 0 Å². The van der Waals surface area contributed by atoms with Crippen LogP contribution in [0, 0.1) is 11.2 Å². The van der Waals surface area contributed by atoms with Crippen LogP contribution in [0.3, 0.4) is 0 Å².